The minimum Gasteiger partial charge on any atom is -0.489 e. The van der Waals surface area contributed by atoms with Gasteiger partial charge in [-0.1, -0.05) is 32.7 Å². The highest BCUT2D eigenvalue weighted by Gasteiger charge is 2.27. The summed E-state index contributed by atoms with van der Waals surface area (Å²) in [7, 11) is 0. The van der Waals surface area contributed by atoms with Gasteiger partial charge in [0.15, 0.2) is 18.1 Å². The van der Waals surface area contributed by atoms with E-state index in [0.29, 0.717) is 77.5 Å². The van der Waals surface area contributed by atoms with E-state index in [2.05, 4.69) is 72.6 Å². The van der Waals surface area contributed by atoms with Crippen molar-refractivity contribution in [3.8, 4) is 34.7 Å². The summed E-state index contributed by atoms with van der Waals surface area (Å²) in [5, 5.41) is 25.2. The van der Waals surface area contributed by atoms with Crippen molar-refractivity contribution in [2.24, 2.45) is 0 Å². The molecule has 2 saturated heterocycles. The van der Waals surface area contributed by atoms with Gasteiger partial charge in [0.2, 0.25) is 11.6 Å². The molecule has 2 aliphatic rings. The predicted molar refractivity (Wildman–Crippen MR) is 210 cm³/mol. The molecule has 22 heteroatoms. The molecule has 58 heavy (non-hydrogen) atoms. The van der Waals surface area contributed by atoms with Gasteiger partial charge in [-0.15, -0.1) is 10.2 Å². The Bertz CT molecular complexity index is 2390. The average molecular weight is 946 g/mol. The van der Waals surface area contributed by atoms with Crippen molar-refractivity contribution in [1.29, 1.82) is 0 Å². The van der Waals surface area contributed by atoms with Gasteiger partial charge in [0.25, 0.3) is 11.8 Å². The molecule has 0 saturated carbocycles. The fourth-order valence-corrected chi connectivity index (χ4v) is 7.22. The van der Waals surface area contributed by atoms with Crippen LogP contribution in [0.2, 0.25) is 5.02 Å². The number of hydrogen-bond donors (Lipinski definition) is 0. The molecule has 0 N–H and O–H groups in total. The number of esters is 2. The van der Waals surface area contributed by atoms with Crippen LogP contribution in [0.25, 0.3) is 23.2 Å². The van der Waals surface area contributed by atoms with Crippen LogP contribution in [0.3, 0.4) is 0 Å². The quantitative estimate of drug-likeness (QED) is 0.0944. The van der Waals surface area contributed by atoms with Crippen LogP contribution in [0, 0.1) is 5.82 Å². The second kappa shape index (κ2) is 17.6. The summed E-state index contributed by atoms with van der Waals surface area (Å²) >= 11 is 13.1. The number of nitrogens with zero attached hydrogens (tertiary/aromatic N) is 11. The molecule has 4 aromatic heterocycles. The number of ether oxygens (including phenoxy) is 3. The van der Waals surface area contributed by atoms with Gasteiger partial charge in [0.1, 0.15) is 29.5 Å². The van der Waals surface area contributed by atoms with Crippen LogP contribution in [0.1, 0.15) is 32.1 Å². The summed E-state index contributed by atoms with van der Waals surface area (Å²) in [5.74, 6) is 0.743. The molecule has 0 amide bonds. The van der Waals surface area contributed by atoms with E-state index in [1.165, 1.54) is 16.8 Å². The molecule has 2 aromatic carbocycles. The molecule has 18 nitrogen and oxygen atoms in total. The van der Waals surface area contributed by atoms with Crippen molar-refractivity contribution in [3.63, 3.8) is 0 Å². The second-order valence-electron chi connectivity index (χ2n) is 13.4. The van der Waals surface area contributed by atoms with Crippen molar-refractivity contribution in [2.75, 3.05) is 36.0 Å². The fraction of sp³-hybridized carbons (Fsp3) is 0.361. The Hall–Kier alpha value is -5.41. The van der Waals surface area contributed by atoms with Crippen molar-refractivity contribution >= 4 is 67.2 Å². The van der Waals surface area contributed by atoms with E-state index < -0.39 is 18.5 Å². The zero-order chi connectivity index (χ0) is 40.2. The molecule has 0 spiro atoms. The van der Waals surface area contributed by atoms with E-state index in [1.54, 1.807) is 30.5 Å². The number of carbonyl (C=O) groups excluding carboxylic acids is 2. The number of benzene rings is 2. The van der Waals surface area contributed by atoms with Gasteiger partial charge >= 0.3 is 11.9 Å². The Morgan fingerprint density at radius 1 is 0.862 bits per heavy atom. The molecule has 0 aliphatic carbocycles. The van der Waals surface area contributed by atoms with Crippen LogP contribution in [0.4, 0.5) is 16.2 Å². The smallest absolute Gasteiger partial charge is 0.337 e. The standard InChI is InChI=1S/C36H33Br2ClFN11O7/c37-21-1-4-26(39)29(17-21)55-24-5-11-48(12-6-24)31-19-30(57-45-31)34-42-47-51(44-34)20-33(53)56-32(52)10-16-50-15-9-27(43-50)35-41-36(46-58-35)49-13-7-23(8-14-49)54-28-18-22(40)2-3-25(28)38/h1-4,9,15,17-19,23-24H,5-8,10-14,16,20H2. The molecule has 6 aromatic rings. The molecule has 0 radical (unpaired) electrons. The Morgan fingerprint density at radius 2 is 1.62 bits per heavy atom. The lowest BCUT2D eigenvalue weighted by atomic mass is 10.1. The molecule has 302 valence electrons. The first-order valence-corrected chi connectivity index (χ1v) is 20.2. The topological polar surface area (TPSA) is 195 Å². The van der Waals surface area contributed by atoms with E-state index in [-0.39, 0.29) is 48.5 Å². The van der Waals surface area contributed by atoms with E-state index in [1.807, 2.05) is 17.0 Å². The first kappa shape index (κ1) is 39.4. The Balaban J connectivity index is 0.755. The molecule has 0 atom stereocenters. The van der Waals surface area contributed by atoms with Crippen LogP contribution in [-0.2, 0) is 27.4 Å². The van der Waals surface area contributed by atoms with Crippen LogP contribution in [0.5, 0.6) is 11.5 Å². The number of aryl methyl sites for hydroxylation is 1. The lowest BCUT2D eigenvalue weighted by Gasteiger charge is -2.32. The Labute approximate surface area is 350 Å². The van der Waals surface area contributed by atoms with Crippen LogP contribution in [-0.4, -0.2) is 95.6 Å². The summed E-state index contributed by atoms with van der Waals surface area (Å²) in [6.45, 7) is 2.28. The summed E-state index contributed by atoms with van der Waals surface area (Å²) < 4.78 is 44.8. The van der Waals surface area contributed by atoms with Crippen LogP contribution >= 0.6 is 43.5 Å². The number of hydrogen-bond acceptors (Lipinski definition) is 16. The molecule has 0 unspecified atom stereocenters. The molecular formula is C36H33Br2ClFN11O7. The van der Waals surface area contributed by atoms with Crippen molar-refractivity contribution in [1.82, 2.24) is 45.3 Å². The monoisotopic (exact) mass is 943 g/mol. The number of piperidine rings is 2. The third kappa shape index (κ3) is 9.64. The number of halogens is 4. The van der Waals surface area contributed by atoms with Gasteiger partial charge in [-0.25, -0.2) is 9.18 Å². The number of rotatable bonds is 13. The van der Waals surface area contributed by atoms with E-state index in [4.69, 9.17) is 34.9 Å². The molecule has 2 fully saturated rings. The molecule has 0 bridgehead atoms. The minimum atomic E-state index is -0.863. The van der Waals surface area contributed by atoms with Crippen molar-refractivity contribution < 1.29 is 37.2 Å². The Kier molecular flexibility index (Phi) is 12.0. The van der Waals surface area contributed by atoms with Gasteiger partial charge in [-0.3, -0.25) is 9.48 Å². The predicted octanol–water partition coefficient (Wildman–Crippen LogP) is 6.15. The fourth-order valence-electron chi connectivity index (χ4n) is 6.38. The second-order valence-corrected chi connectivity index (χ2v) is 15.6. The Morgan fingerprint density at radius 3 is 2.41 bits per heavy atom. The third-order valence-corrected chi connectivity index (χ3v) is 10.8. The maximum Gasteiger partial charge on any atom is 0.337 e. The van der Waals surface area contributed by atoms with Gasteiger partial charge in [0.05, 0.1) is 22.5 Å². The van der Waals surface area contributed by atoms with Crippen molar-refractivity contribution in [3.05, 3.63) is 74.5 Å². The molecule has 6 heterocycles. The van der Waals surface area contributed by atoms with Crippen LogP contribution in [0.15, 0.2) is 72.7 Å². The zero-order valence-corrected chi connectivity index (χ0v) is 34.3. The lowest BCUT2D eigenvalue weighted by Crippen LogP contribution is -2.38. The zero-order valence-electron chi connectivity index (χ0n) is 30.4. The summed E-state index contributed by atoms with van der Waals surface area (Å²) in [6.07, 6.45) is 4.30. The average Bonchev–Trinajstić information content (AvgIpc) is 4.05. The summed E-state index contributed by atoms with van der Waals surface area (Å²) in [6, 6.07) is 13.2. The van der Waals surface area contributed by atoms with E-state index in [0.717, 1.165) is 22.1 Å². The number of carbonyl (C=O) groups is 2. The van der Waals surface area contributed by atoms with Gasteiger partial charge in [-0.2, -0.15) is 14.9 Å². The van der Waals surface area contributed by atoms with Crippen LogP contribution < -0.4 is 19.3 Å². The first-order chi connectivity index (χ1) is 28.1. The van der Waals surface area contributed by atoms with Gasteiger partial charge < -0.3 is 33.1 Å². The third-order valence-electron chi connectivity index (χ3n) is 9.35. The highest BCUT2D eigenvalue weighted by atomic mass is 79.9. The first-order valence-electron chi connectivity index (χ1n) is 18.2. The normalized spacial score (nSPS) is 15.2. The highest BCUT2D eigenvalue weighted by Crippen LogP contribution is 2.32. The maximum absolute atomic E-state index is 13.7. The molecule has 2 aliphatic heterocycles. The van der Waals surface area contributed by atoms with Gasteiger partial charge in [-0.05, 0) is 62.7 Å². The van der Waals surface area contributed by atoms with Gasteiger partial charge in [0, 0.05) is 74.7 Å². The SMILES string of the molecule is O=C(CCn1ccc(-c2nc(N3CCC(Oc4cc(F)ccc4Br)CC3)no2)n1)OC(=O)Cn1nnc(-c2cc(N3CCC(Oc4cc(Br)ccc4Cl)CC3)no2)n1. The summed E-state index contributed by atoms with van der Waals surface area (Å²) in [4.78, 5) is 34.5. The largest absolute Gasteiger partial charge is 0.489 e. The number of anilines is 2. The minimum absolute atomic E-state index is 0.000716. The van der Waals surface area contributed by atoms with Crippen molar-refractivity contribution in [2.45, 2.75) is 57.4 Å². The van der Waals surface area contributed by atoms with E-state index >= 15 is 0 Å². The molecule has 8 rings (SSSR count). The lowest BCUT2D eigenvalue weighted by molar-refractivity contribution is -0.160. The highest BCUT2D eigenvalue weighted by molar-refractivity contribution is 9.10. The maximum atomic E-state index is 13.7. The molecular weight excluding hydrogens is 913 g/mol. The number of tetrazole rings is 1. The van der Waals surface area contributed by atoms with E-state index in [9.17, 15) is 14.0 Å². The summed E-state index contributed by atoms with van der Waals surface area (Å²) in [5.41, 5.74) is 0.418. The number of aromatic nitrogens is 9.